The number of halogens is 1. The molecule has 0 aliphatic heterocycles. The van der Waals surface area contributed by atoms with Gasteiger partial charge in [0.2, 0.25) is 0 Å². The lowest BCUT2D eigenvalue weighted by molar-refractivity contribution is 0.197. The third kappa shape index (κ3) is 3.46. The minimum absolute atomic E-state index is 0.0300. The van der Waals surface area contributed by atoms with Crippen LogP contribution in [0, 0.1) is 0 Å². The molecule has 1 aliphatic rings. The summed E-state index contributed by atoms with van der Waals surface area (Å²) < 4.78 is 0. The van der Waals surface area contributed by atoms with Crippen molar-refractivity contribution in [3.05, 3.63) is 70.7 Å². The highest BCUT2D eigenvalue weighted by atomic mass is 35.5. The van der Waals surface area contributed by atoms with Crippen molar-refractivity contribution in [3.63, 3.8) is 0 Å². The van der Waals surface area contributed by atoms with Crippen LogP contribution in [0.5, 0.6) is 0 Å². The minimum Gasteiger partial charge on any atom is -0.394 e. The summed E-state index contributed by atoms with van der Waals surface area (Å²) in [4.78, 5) is 0. The van der Waals surface area contributed by atoms with Gasteiger partial charge in [0.25, 0.3) is 0 Å². The maximum Gasteiger partial charge on any atom is 0.0626 e. The molecule has 110 valence electrons. The van der Waals surface area contributed by atoms with Gasteiger partial charge in [-0.1, -0.05) is 54.1 Å². The van der Waals surface area contributed by atoms with E-state index in [1.165, 1.54) is 5.56 Å². The van der Waals surface area contributed by atoms with Gasteiger partial charge in [-0.15, -0.1) is 0 Å². The molecule has 1 atom stereocenters. The SMILES string of the molecule is OC[C@H](NC1CC(c2ccc(Cl)cc2)C1)c1ccccc1. The fraction of sp³-hybridized carbons (Fsp3) is 0.333. The lowest BCUT2D eigenvalue weighted by atomic mass is 9.75. The predicted octanol–water partition coefficient (Wildman–Crippen LogP) is 3.91. The molecule has 3 heteroatoms. The fourth-order valence-electron chi connectivity index (χ4n) is 2.99. The Kier molecular flexibility index (Phi) is 4.59. The van der Waals surface area contributed by atoms with Crippen LogP contribution in [-0.2, 0) is 0 Å². The van der Waals surface area contributed by atoms with Crippen molar-refractivity contribution in [2.75, 3.05) is 6.61 Å². The van der Waals surface area contributed by atoms with Gasteiger partial charge in [-0.25, -0.2) is 0 Å². The van der Waals surface area contributed by atoms with Crippen molar-refractivity contribution in [2.45, 2.75) is 30.8 Å². The average molecular weight is 302 g/mol. The summed E-state index contributed by atoms with van der Waals surface area (Å²) in [5.74, 6) is 0.606. The molecule has 1 aliphatic carbocycles. The summed E-state index contributed by atoms with van der Waals surface area (Å²) >= 11 is 5.92. The summed E-state index contributed by atoms with van der Waals surface area (Å²) in [5, 5.41) is 13.9. The predicted molar refractivity (Wildman–Crippen MR) is 86.6 cm³/mol. The second-order valence-corrected chi connectivity index (χ2v) is 6.17. The average Bonchev–Trinajstić information content (AvgIpc) is 2.49. The first kappa shape index (κ1) is 14.6. The quantitative estimate of drug-likeness (QED) is 0.877. The van der Waals surface area contributed by atoms with Crippen LogP contribution in [0.3, 0.4) is 0 Å². The molecule has 2 nitrogen and oxygen atoms in total. The van der Waals surface area contributed by atoms with E-state index < -0.39 is 0 Å². The molecule has 0 aromatic heterocycles. The summed E-state index contributed by atoms with van der Waals surface area (Å²) in [5.41, 5.74) is 2.51. The Morgan fingerprint density at radius 3 is 2.33 bits per heavy atom. The first-order valence-electron chi connectivity index (χ1n) is 7.43. The van der Waals surface area contributed by atoms with Crippen molar-refractivity contribution in [1.29, 1.82) is 0 Å². The smallest absolute Gasteiger partial charge is 0.0626 e. The number of nitrogens with one attached hydrogen (secondary N) is 1. The van der Waals surface area contributed by atoms with E-state index in [0.29, 0.717) is 12.0 Å². The van der Waals surface area contributed by atoms with E-state index in [1.807, 2.05) is 30.3 Å². The van der Waals surface area contributed by atoms with Gasteiger partial charge in [-0.2, -0.15) is 0 Å². The van der Waals surface area contributed by atoms with Gasteiger partial charge >= 0.3 is 0 Å². The van der Waals surface area contributed by atoms with Gasteiger partial charge in [-0.05, 0) is 42.0 Å². The molecule has 0 amide bonds. The Balaban J connectivity index is 1.55. The number of benzene rings is 2. The molecular weight excluding hydrogens is 282 g/mol. The first-order chi connectivity index (χ1) is 10.3. The molecule has 3 rings (SSSR count). The van der Waals surface area contributed by atoms with E-state index in [1.54, 1.807) is 0 Å². The van der Waals surface area contributed by atoms with Gasteiger partial charge in [0.15, 0.2) is 0 Å². The standard InChI is InChI=1S/C18H20ClNO/c19-16-8-6-13(7-9-16)15-10-17(11-15)20-18(12-21)14-4-2-1-3-5-14/h1-9,15,17-18,20-21H,10-12H2/t15?,17?,18-/m0/s1. The highest BCUT2D eigenvalue weighted by Crippen LogP contribution is 2.38. The van der Waals surface area contributed by atoms with Crippen LogP contribution < -0.4 is 5.32 Å². The first-order valence-corrected chi connectivity index (χ1v) is 7.81. The van der Waals surface area contributed by atoms with Gasteiger partial charge < -0.3 is 10.4 Å². The Morgan fingerprint density at radius 1 is 1.05 bits per heavy atom. The van der Waals surface area contributed by atoms with Crippen LogP contribution in [-0.4, -0.2) is 17.8 Å². The number of hydrogen-bond acceptors (Lipinski definition) is 2. The van der Waals surface area contributed by atoms with Crippen LogP contribution in [0.15, 0.2) is 54.6 Å². The molecule has 0 spiro atoms. The molecule has 1 fully saturated rings. The van der Waals surface area contributed by atoms with Crippen LogP contribution in [0.2, 0.25) is 5.02 Å². The van der Waals surface area contributed by atoms with Crippen LogP contribution in [0.25, 0.3) is 0 Å². The number of aliphatic hydroxyl groups excluding tert-OH is 1. The zero-order valence-electron chi connectivity index (χ0n) is 11.9. The van der Waals surface area contributed by atoms with Gasteiger partial charge in [0, 0.05) is 11.1 Å². The molecule has 1 saturated carbocycles. The lowest BCUT2D eigenvalue weighted by Gasteiger charge is -2.38. The van der Waals surface area contributed by atoms with Crippen molar-refractivity contribution in [3.8, 4) is 0 Å². The van der Waals surface area contributed by atoms with Crippen molar-refractivity contribution < 1.29 is 5.11 Å². The van der Waals surface area contributed by atoms with E-state index in [4.69, 9.17) is 11.6 Å². The zero-order chi connectivity index (χ0) is 14.7. The molecule has 0 saturated heterocycles. The largest absolute Gasteiger partial charge is 0.394 e. The summed E-state index contributed by atoms with van der Waals surface area (Å²) in [6.07, 6.45) is 2.23. The van der Waals surface area contributed by atoms with Gasteiger partial charge in [0.1, 0.15) is 0 Å². The fourth-order valence-corrected chi connectivity index (χ4v) is 3.11. The molecule has 0 heterocycles. The van der Waals surface area contributed by atoms with Crippen molar-refractivity contribution in [2.24, 2.45) is 0 Å². The molecule has 2 aromatic carbocycles. The molecular formula is C18H20ClNO. The Bertz CT molecular complexity index is 564. The van der Waals surface area contributed by atoms with Crippen LogP contribution in [0.1, 0.15) is 35.9 Å². The highest BCUT2D eigenvalue weighted by molar-refractivity contribution is 6.30. The van der Waals surface area contributed by atoms with Crippen LogP contribution >= 0.6 is 11.6 Å². The molecule has 0 unspecified atom stereocenters. The third-order valence-electron chi connectivity index (χ3n) is 4.30. The third-order valence-corrected chi connectivity index (χ3v) is 4.55. The summed E-state index contributed by atoms with van der Waals surface area (Å²) in [7, 11) is 0. The van der Waals surface area contributed by atoms with Crippen molar-refractivity contribution in [1.82, 2.24) is 5.32 Å². The van der Waals surface area contributed by atoms with E-state index in [2.05, 4.69) is 29.6 Å². The number of aliphatic hydroxyl groups is 1. The Hall–Kier alpha value is -1.35. The van der Waals surface area contributed by atoms with Crippen molar-refractivity contribution >= 4 is 11.6 Å². The monoisotopic (exact) mass is 301 g/mol. The Labute approximate surface area is 130 Å². The summed E-state index contributed by atoms with van der Waals surface area (Å²) in [6, 6.07) is 18.8. The lowest BCUT2D eigenvalue weighted by Crippen LogP contribution is -2.43. The number of hydrogen-bond donors (Lipinski definition) is 2. The minimum atomic E-state index is 0.0300. The van der Waals surface area contributed by atoms with Gasteiger partial charge in [-0.3, -0.25) is 0 Å². The van der Waals surface area contributed by atoms with E-state index in [0.717, 1.165) is 23.4 Å². The van der Waals surface area contributed by atoms with E-state index >= 15 is 0 Å². The maximum atomic E-state index is 9.58. The second-order valence-electron chi connectivity index (χ2n) is 5.73. The highest BCUT2D eigenvalue weighted by Gasteiger charge is 2.31. The molecule has 0 radical (unpaired) electrons. The van der Waals surface area contributed by atoms with E-state index in [-0.39, 0.29) is 12.6 Å². The topological polar surface area (TPSA) is 32.3 Å². The Morgan fingerprint density at radius 2 is 1.71 bits per heavy atom. The molecule has 21 heavy (non-hydrogen) atoms. The molecule has 2 N–H and O–H groups in total. The molecule has 0 bridgehead atoms. The molecule has 2 aromatic rings. The van der Waals surface area contributed by atoms with Crippen LogP contribution in [0.4, 0.5) is 0 Å². The van der Waals surface area contributed by atoms with Gasteiger partial charge in [0.05, 0.1) is 12.6 Å². The zero-order valence-corrected chi connectivity index (χ0v) is 12.6. The second kappa shape index (κ2) is 6.61. The normalized spacial score (nSPS) is 22.6. The maximum absolute atomic E-state index is 9.58. The summed E-state index contributed by atoms with van der Waals surface area (Å²) in [6.45, 7) is 0.131. The number of rotatable bonds is 5. The van der Waals surface area contributed by atoms with E-state index in [9.17, 15) is 5.11 Å².